The number of carbonyl (C=O) groups is 1. The molecule has 122 valence electrons. The Morgan fingerprint density at radius 2 is 1.87 bits per heavy atom. The molecule has 0 unspecified atom stereocenters. The molecule has 1 N–H and O–H groups in total. The number of sulfonamides is 1. The van der Waals surface area contributed by atoms with Crippen LogP contribution in [-0.2, 0) is 14.8 Å². The fraction of sp³-hybridized carbons (Fsp3) is 0.0714. The molecule has 0 atom stereocenters. The molecule has 0 aliphatic heterocycles. The molecule has 5 nitrogen and oxygen atoms in total. The molecule has 0 bridgehead atoms. The van der Waals surface area contributed by atoms with Crippen LogP contribution in [0.5, 0.6) is 0 Å². The number of halogens is 3. The van der Waals surface area contributed by atoms with Crippen molar-refractivity contribution in [2.45, 2.75) is 4.90 Å². The van der Waals surface area contributed by atoms with E-state index < -0.39 is 32.5 Å². The first-order valence-corrected chi connectivity index (χ1v) is 8.38. The summed E-state index contributed by atoms with van der Waals surface area (Å²) in [6, 6.07) is 6.94. The minimum atomic E-state index is -4.40. The van der Waals surface area contributed by atoms with Gasteiger partial charge in [0.15, 0.2) is 0 Å². The molecule has 0 heterocycles. The third-order valence-corrected chi connectivity index (χ3v) is 5.14. The Morgan fingerprint density at radius 3 is 2.48 bits per heavy atom. The summed E-state index contributed by atoms with van der Waals surface area (Å²) in [6.07, 6.45) is 0. The second-order valence-corrected chi connectivity index (χ2v) is 6.81. The predicted molar refractivity (Wildman–Crippen MR) is 82.6 cm³/mol. The summed E-state index contributed by atoms with van der Waals surface area (Å²) in [5.74, 6) is -2.95. The normalized spacial score (nSPS) is 11.1. The van der Waals surface area contributed by atoms with Gasteiger partial charge in [-0.25, -0.2) is 22.0 Å². The number of hydrogen-bond acceptors (Lipinski definition) is 4. The second-order valence-electron chi connectivity index (χ2n) is 4.34. The first kappa shape index (κ1) is 17.4. The molecule has 23 heavy (non-hydrogen) atoms. The second kappa shape index (κ2) is 6.63. The van der Waals surface area contributed by atoms with Crippen LogP contribution in [0, 0.1) is 11.6 Å². The van der Waals surface area contributed by atoms with Crippen LogP contribution in [0.3, 0.4) is 0 Å². The third-order valence-electron chi connectivity index (χ3n) is 2.81. The lowest BCUT2D eigenvalue weighted by Crippen LogP contribution is -2.18. The Labute approximate surface area is 139 Å². The highest BCUT2D eigenvalue weighted by atomic mass is 79.9. The molecule has 0 aliphatic carbocycles. The lowest BCUT2D eigenvalue weighted by atomic mass is 10.2. The van der Waals surface area contributed by atoms with Crippen LogP contribution in [0.25, 0.3) is 0 Å². The first-order valence-electron chi connectivity index (χ1n) is 6.11. The van der Waals surface area contributed by atoms with Crippen LogP contribution in [-0.4, -0.2) is 21.5 Å². The van der Waals surface area contributed by atoms with E-state index in [1.165, 1.54) is 24.3 Å². The summed E-state index contributed by atoms with van der Waals surface area (Å²) < 4.78 is 58.0. The summed E-state index contributed by atoms with van der Waals surface area (Å²) in [7, 11) is -3.26. The van der Waals surface area contributed by atoms with Gasteiger partial charge in [0.05, 0.1) is 18.4 Å². The highest BCUT2D eigenvalue weighted by Gasteiger charge is 2.25. The van der Waals surface area contributed by atoms with Crippen molar-refractivity contribution < 1.29 is 26.7 Å². The number of benzene rings is 2. The highest BCUT2D eigenvalue weighted by molar-refractivity contribution is 9.10. The van der Waals surface area contributed by atoms with Crippen molar-refractivity contribution in [1.29, 1.82) is 0 Å². The number of esters is 1. The summed E-state index contributed by atoms with van der Waals surface area (Å²) in [5.41, 5.74) is -0.132. The van der Waals surface area contributed by atoms with Gasteiger partial charge in [0.2, 0.25) is 0 Å². The maximum Gasteiger partial charge on any atom is 0.339 e. The number of rotatable bonds is 4. The number of anilines is 1. The Bertz CT molecular complexity index is 848. The van der Waals surface area contributed by atoms with Crippen LogP contribution >= 0.6 is 15.9 Å². The maximum atomic E-state index is 13.9. The van der Waals surface area contributed by atoms with Crippen molar-refractivity contribution in [3.63, 3.8) is 0 Å². The lowest BCUT2D eigenvalue weighted by molar-refractivity contribution is 0.0602. The molecule has 0 radical (unpaired) electrons. The van der Waals surface area contributed by atoms with Crippen LogP contribution in [0.15, 0.2) is 45.8 Å². The Kier molecular flexibility index (Phi) is 5.00. The minimum absolute atomic E-state index is 0.0442. The number of para-hydroxylation sites is 1. The first-order chi connectivity index (χ1) is 10.8. The molecule has 0 fully saturated rings. The van der Waals surface area contributed by atoms with Crippen molar-refractivity contribution in [3.05, 3.63) is 58.1 Å². The van der Waals surface area contributed by atoms with Gasteiger partial charge < -0.3 is 4.74 Å². The van der Waals surface area contributed by atoms with Crippen molar-refractivity contribution in [2.75, 3.05) is 11.8 Å². The molecule has 0 aliphatic rings. The van der Waals surface area contributed by atoms with E-state index in [1.807, 2.05) is 0 Å². The molecule has 2 rings (SSSR count). The number of nitrogens with one attached hydrogen (secondary N) is 1. The van der Waals surface area contributed by atoms with Gasteiger partial charge in [-0.1, -0.05) is 12.1 Å². The molecule has 0 saturated heterocycles. The van der Waals surface area contributed by atoms with E-state index in [4.69, 9.17) is 0 Å². The average Bonchev–Trinajstić information content (AvgIpc) is 2.45. The zero-order valence-electron chi connectivity index (χ0n) is 11.6. The number of carbonyl (C=O) groups excluding carboxylic acids is 1. The molecular weight excluding hydrogens is 396 g/mol. The molecule has 0 spiro atoms. The van der Waals surface area contributed by atoms with E-state index in [2.05, 4.69) is 25.4 Å². The van der Waals surface area contributed by atoms with Crippen molar-refractivity contribution >= 4 is 37.6 Å². The van der Waals surface area contributed by atoms with Crippen molar-refractivity contribution in [1.82, 2.24) is 0 Å². The van der Waals surface area contributed by atoms with Crippen LogP contribution < -0.4 is 4.72 Å². The summed E-state index contributed by atoms with van der Waals surface area (Å²) >= 11 is 2.82. The predicted octanol–water partition coefficient (Wildman–Crippen LogP) is 3.31. The van der Waals surface area contributed by atoms with Crippen molar-refractivity contribution in [3.8, 4) is 0 Å². The average molecular weight is 406 g/mol. The fourth-order valence-electron chi connectivity index (χ4n) is 1.84. The van der Waals surface area contributed by atoms with Gasteiger partial charge in [-0.3, -0.25) is 4.72 Å². The lowest BCUT2D eigenvalue weighted by Gasteiger charge is -2.13. The summed E-state index contributed by atoms with van der Waals surface area (Å²) in [6.45, 7) is 0. The Morgan fingerprint density at radius 1 is 1.22 bits per heavy atom. The zero-order chi connectivity index (χ0) is 17.2. The molecule has 0 aromatic heterocycles. The monoisotopic (exact) mass is 405 g/mol. The van der Waals surface area contributed by atoms with E-state index in [-0.39, 0.29) is 15.7 Å². The molecule has 2 aromatic carbocycles. The molecule has 0 amide bonds. The Balaban J connectivity index is 2.51. The number of ether oxygens (including phenoxy) is 1. The van der Waals surface area contributed by atoms with Gasteiger partial charge in [0.1, 0.15) is 16.5 Å². The van der Waals surface area contributed by atoms with E-state index in [9.17, 15) is 22.0 Å². The van der Waals surface area contributed by atoms with E-state index >= 15 is 0 Å². The van der Waals surface area contributed by atoms with Gasteiger partial charge in [-0.05, 0) is 34.1 Å². The summed E-state index contributed by atoms with van der Waals surface area (Å²) in [5, 5.41) is 0. The Hall–Kier alpha value is -2.00. The largest absolute Gasteiger partial charge is 0.465 e. The van der Waals surface area contributed by atoms with Crippen LogP contribution in [0.1, 0.15) is 10.4 Å². The number of hydrogen-bond donors (Lipinski definition) is 1. The van der Waals surface area contributed by atoms with Gasteiger partial charge in [-0.2, -0.15) is 0 Å². The number of methoxy groups -OCH3 is 1. The quantitative estimate of drug-likeness (QED) is 0.791. The maximum absolute atomic E-state index is 13.9. The van der Waals surface area contributed by atoms with Crippen LogP contribution in [0.4, 0.5) is 14.5 Å². The minimum Gasteiger partial charge on any atom is -0.465 e. The smallest absolute Gasteiger partial charge is 0.339 e. The molecular formula is C14H10BrF2NO4S. The van der Waals surface area contributed by atoms with Gasteiger partial charge >= 0.3 is 5.97 Å². The standard InChI is InChI=1S/C14H10BrF2NO4S/c1-22-14(19)9-4-2-3-5-12(9)18-23(20,21)13-10(15)6-8(16)7-11(13)17/h2-7,18H,1H3. The van der Waals surface area contributed by atoms with E-state index in [0.717, 1.165) is 13.2 Å². The zero-order valence-corrected chi connectivity index (χ0v) is 14.0. The van der Waals surface area contributed by atoms with Crippen molar-refractivity contribution in [2.24, 2.45) is 0 Å². The SMILES string of the molecule is COC(=O)c1ccccc1NS(=O)(=O)c1c(F)cc(F)cc1Br. The van der Waals surface area contributed by atoms with Gasteiger partial charge in [0, 0.05) is 10.5 Å². The highest BCUT2D eigenvalue weighted by Crippen LogP contribution is 2.29. The van der Waals surface area contributed by atoms with Crippen LogP contribution in [0.2, 0.25) is 0 Å². The molecule has 0 saturated carbocycles. The topological polar surface area (TPSA) is 72.5 Å². The van der Waals surface area contributed by atoms with E-state index in [0.29, 0.717) is 6.07 Å². The molecule has 9 heteroatoms. The molecule has 2 aromatic rings. The third kappa shape index (κ3) is 3.67. The van der Waals surface area contributed by atoms with E-state index in [1.54, 1.807) is 0 Å². The summed E-state index contributed by atoms with van der Waals surface area (Å²) in [4.78, 5) is 10.9. The van der Waals surface area contributed by atoms with Gasteiger partial charge in [0.25, 0.3) is 10.0 Å². The fourth-order valence-corrected chi connectivity index (χ4v) is 4.09. The van der Waals surface area contributed by atoms with Gasteiger partial charge in [-0.15, -0.1) is 0 Å².